The molecule has 200 valence electrons. The Labute approximate surface area is 211 Å². The molecule has 12 nitrogen and oxygen atoms in total. The zero-order chi connectivity index (χ0) is 27.3. The summed E-state index contributed by atoms with van der Waals surface area (Å²) in [6.45, 7) is 5.39. The van der Waals surface area contributed by atoms with Crippen LogP contribution in [-0.2, 0) is 25.6 Å². The molecule has 0 aromatic heterocycles. The Morgan fingerprint density at radius 2 is 1.44 bits per heavy atom. The van der Waals surface area contributed by atoms with Crippen LogP contribution < -0.4 is 33.2 Å². The van der Waals surface area contributed by atoms with Gasteiger partial charge in [-0.25, -0.2) is 4.79 Å². The molecule has 0 bridgehead atoms. The topological polar surface area (TPSA) is 215 Å². The zero-order valence-corrected chi connectivity index (χ0v) is 21.1. The molecule has 0 unspecified atom stereocenters. The van der Waals surface area contributed by atoms with Crippen LogP contribution in [0.4, 0.5) is 0 Å². The third-order valence-electron chi connectivity index (χ3n) is 5.23. The molecule has 1 aromatic carbocycles. The van der Waals surface area contributed by atoms with Gasteiger partial charge in [-0.1, -0.05) is 44.2 Å². The van der Waals surface area contributed by atoms with Crippen molar-refractivity contribution in [2.45, 2.75) is 70.6 Å². The normalized spacial score (nSPS) is 14.1. The van der Waals surface area contributed by atoms with Gasteiger partial charge in [0.15, 0.2) is 5.96 Å². The molecular formula is C24H39N7O5. The van der Waals surface area contributed by atoms with Gasteiger partial charge in [-0.2, -0.15) is 0 Å². The van der Waals surface area contributed by atoms with Crippen LogP contribution in [0.15, 0.2) is 35.3 Å². The van der Waals surface area contributed by atoms with E-state index in [0.717, 1.165) is 5.56 Å². The van der Waals surface area contributed by atoms with Crippen LogP contribution in [0.1, 0.15) is 45.6 Å². The lowest BCUT2D eigenvalue weighted by Gasteiger charge is -2.25. The second kappa shape index (κ2) is 15.4. The Kier molecular flexibility index (Phi) is 12.9. The van der Waals surface area contributed by atoms with Crippen LogP contribution in [0, 0.1) is 5.92 Å². The zero-order valence-electron chi connectivity index (χ0n) is 21.1. The van der Waals surface area contributed by atoms with Crippen molar-refractivity contribution in [3.8, 4) is 0 Å². The molecule has 0 aliphatic carbocycles. The number of nitrogens with two attached hydrogens (primary N) is 3. The lowest BCUT2D eigenvalue weighted by molar-refractivity contribution is -0.142. The van der Waals surface area contributed by atoms with Crippen molar-refractivity contribution < 1.29 is 24.3 Å². The van der Waals surface area contributed by atoms with Crippen molar-refractivity contribution in [1.82, 2.24) is 16.0 Å². The highest BCUT2D eigenvalue weighted by atomic mass is 16.4. The Morgan fingerprint density at radius 3 is 1.97 bits per heavy atom. The lowest BCUT2D eigenvalue weighted by atomic mass is 10.0. The third-order valence-corrected chi connectivity index (χ3v) is 5.23. The Bertz CT molecular complexity index is 901. The van der Waals surface area contributed by atoms with Gasteiger partial charge in [0.25, 0.3) is 0 Å². The highest BCUT2D eigenvalue weighted by Crippen LogP contribution is 2.09. The highest BCUT2D eigenvalue weighted by molar-refractivity contribution is 5.94. The van der Waals surface area contributed by atoms with E-state index >= 15 is 0 Å². The van der Waals surface area contributed by atoms with Gasteiger partial charge < -0.3 is 38.3 Å². The standard InChI is InChI=1S/C24H39N7O5/c1-14(2)12-19(23(35)36)31-21(33)17(10-7-11-28-24(26)27)29-22(34)18(30-20(32)15(3)25)13-16-8-5-4-6-9-16/h4-6,8-9,14-15,17-19H,7,10-13,25H2,1-3H3,(H,29,34)(H,30,32)(H,31,33)(H,35,36)(H4,26,27,28)/t15-,17-,18-,19-/m0/s1. The first kappa shape index (κ1) is 30.4. The summed E-state index contributed by atoms with van der Waals surface area (Å²) in [5.74, 6) is -3.05. The van der Waals surface area contributed by atoms with E-state index in [0.29, 0.717) is 6.42 Å². The summed E-state index contributed by atoms with van der Waals surface area (Å²) in [5, 5.41) is 17.3. The van der Waals surface area contributed by atoms with Crippen molar-refractivity contribution in [2.75, 3.05) is 6.54 Å². The quantitative estimate of drug-likeness (QED) is 0.0908. The van der Waals surface area contributed by atoms with Crippen molar-refractivity contribution in [1.29, 1.82) is 0 Å². The fourth-order valence-corrected chi connectivity index (χ4v) is 3.37. The average molecular weight is 506 g/mol. The minimum Gasteiger partial charge on any atom is -0.480 e. The predicted molar refractivity (Wildman–Crippen MR) is 137 cm³/mol. The van der Waals surface area contributed by atoms with Gasteiger partial charge in [-0.3, -0.25) is 19.4 Å². The summed E-state index contributed by atoms with van der Waals surface area (Å²) in [6, 6.07) is 5.00. The number of aliphatic imine (C=N–C) groups is 1. The fraction of sp³-hybridized carbons (Fsp3) is 0.542. The number of nitrogens with zero attached hydrogens (tertiary/aromatic N) is 1. The lowest BCUT2D eigenvalue weighted by Crippen LogP contribution is -2.57. The van der Waals surface area contributed by atoms with Gasteiger partial charge in [0.1, 0.15) is 18.1 Å². The molecule has 0 saturated carbocycles. The molecule has 0 heterocycles. The molecule has 1 aromatic rings. The number of carboxylic acids is 1. The van der Waals surface area contributed by atoms with E-state index in [1.165, 1.54) is 6.92 Å². The highest BCUT2D eigenvalue weighted by Gasteiger charge is 2.30. The number of hydrogen-bond donors (Lipinski definition) is 7. The van der Waals surface area contributed by atoms with Crippen LogP contribution in [0.5, 0.6) is 0 Å². The maximum atomic E-state index is 13.2. The molecule has 1 rings (SSSR count). The number of carbonyl (C=O) groups is 4. The van der Waals surface area contributed by atoms with Gasteiger partial charge in [-0.05, 0) is 37.7 Å². The van der Waals surface area contributed by atoms with Crippen LogP contribution in [0.2, 0.25) is 0 Å². The Balaban J connectivity index is 3.09. The first-order valence-corrected chi connectivity index (χ1v) is 11.9. The van der Waals surface area contributed by atoms with Crippen molar-refractivity contribution >= 4 is 29.7 Å². The minimum atomic E-state index is -1.17. The van der Waals surface area contributed by atoms with Gasteiger partial charge in [0.2, 0.25) is 17.7 Å². The SMILES string of the molecule is CC(C)C[C@H](NC(=O)[C@H](CCCN=C(N)N)NC(=O)[C@H](Cc1ccccc1)NC(=O)[C@H](C)N)C(=O)O. The van der Waals surface area contributed by atoms with E-state index in [2.05, 4.69) is 20.9 Å². The summed E-state index contributed by atoms with van der Waals surface area (Å²) in [4.78, 5) is 54.0. The second-order valence-corrected chi connectivity index (χ2v) is 9.08. The molecule has 0 saturated heterocycles. The Morgan fingerprint density at radius 1 is 0.889 bits per heavy atom. The van der Waals surface area contributed by atoms with Crippen LogP contribution in [0.25, 0.3) is 0 Å². The smallest absolute Gasteiger partial charge is 0.326 e. The van der Waals surface area contributed by atoms with E-state index in [9.17, 15) is 24.3 Å². The van der Waals surface area contributed by atoms with E-state index in [-0.39, 0.29) is 37.7 Å². The Hall–Kier alpha value is -3.67. The monoisotopic (exact) mass is 505 g/mol. The van der Waals surface area contributed by atoms with Crippen LogP contribution >= 0.6 is 0 Å². The van der Waals surface area contributed by atoms with E-state index in [4.69, 9.17) is 17.2 Å². The summed E-state index contributed by atoms with van der Waals surface area (Å²) >= 11 is 0. The largest absolute Gasteiger partial charge is 0.480 e. The molecule has 0 aliphatic heterocycles. The number of hydrogen-bond acceptors (Lipinski definition) is 6. The van der Waals surface area contributed by atoms with Gasteiger partial charge in [-0.15, -0.1) is 0 Å². The maximum Gasteiger partial charge on any atom is 0.326 e. The number of nitrogens with one attached hydrogen (secondary N) is 3. The van der Waals surface area contributed by atoms with Crippen molar-refractivity contribution in [3.05, 3.63) is 35.9 Å². The maximum absolute atomic E-state index is 13.2. The van der Waals surface area contributed by atoms with E-state index < -0.39 is 47.9 Å². The molecule has 0 aliphatic rings. The molecular weight excluding hydrogens is 466 g/mol. The first-order valence-electron chi connectivity index (χ1n) is 11.9. The first-order chi connectivity index (χ1) is 16.9. The van der Waals surface area contributed by atoms with E-state index in [1.54, 1.807) is 24.3 Å². The number of carbonyl (C=O) groups excluding carboxylic acids is 3. The summed E-state index contributed by atoms with van der Waals surface area (Å²) < 4.78 is 0. The van der Waals surface area contributed by atoms with Gasteiger partial charge >= 0.3 is 5.97 Å². The summed E-state index contributed by atoms with van der Waals surface area (Å²) in [7, 11) is 0. The molecule has 0 fully saturated rings. The number of rotatable bonds is 15. The second-order valence-electron chi connectivity index (χ2n) is 9.08. The van der Waals surface area contributed by atoms with E-state index in [1.807, 2.05) is 19.9 Å². The number of amides is 3. The molecule has 36 heavy (non-hydrogen) atoms. The van der Waals surface area contributed by atoms with Gasteiger partial charge in [0.05, 0.1) is 6.04 Å². The van der Waals surface area contributed by atoms with Crippen LogP contribution in [-0.4, -0.2) is 65.5 Å². The number of benzene rings is 1. The molecule has 4 atom stereocenters. The number of carboxylic acid groups (broad SMARTS) is 1. The molecule has 0 spiro atoms. The molecule has 0 radical (unpaired) electrons. The fourth-order valence-electron chi connectivity index (χ4n) is 3.37. The van der Waals surface area contributed by atoms with Crippen LogP contribution in [0.3, 0.4) is 0 Å². The summed E-state index contributed by atoms with van der Waals surface area (Å²) in [5.41, 5.74) is 17.1. The number of aliphatic carboxylic acids is 1. The van der Waals surface area contributed by atoms with Crippen molar-refractivity contribution in [3.63, 3.8) is 0 Å². The molecule has 10 N–H and O–H groups in total. The summed E-state index contributed by atoms with van der Waals surface area (Å²) in [6.07, 6.45) is 0.866. The third kappa shape index (κ3) is 11.6. The van der Waals surface area contributed by atoms with Crippen molar-refractivity contribution in [2.24, 2.45) is 28.1 Å². The average Bonchev–Trinajstić information content (AvgIpc) is 2.79. The predicted octanol–water partition coefficient (Wildman–Crippen LogP) is -0.785. The minimum absolute atomic E-state index is 0.0185. The van der Waals surface area contributed by atoms with Gasteiger partial charge in [0, 0.05) is 13.0 Å². The molecule has 3 amide bonds. The number of guanidine groups is 1. The molecule has 12 heteroatoms.